The Morgan fingerprint density at radius 3 is 2.44 bits per heavy atom. The molecule has 0 saturated carbocycles. The van der Waals surface area contributed by atoms with E-state index in [1.165, 1.54) is 6.92 Å². The molecule has 4 aromatic rings. The number of imidazole rings is 1. The molecule has 1 N–H and O–H groups in total. The molecule has 3 aromatic heterocycles. The summed E-state index contributed by atoms with van der Waals surface area (Å²) in [6.07, 6.45) is 4.81. The molecule has 4 heterocycles. The molecule has 0 atom stereocenters. The van der Waals surface area contributed by atoms with E-state index in [4.69, 9.17) is 4.74 Å². The van der Waals surface area contributed by atoms with Gasteiger partial charge in [-0.2, -0.15) is 5.10 Å². The number of piperazine rings is 1. The van der Waals surface area contributed by atoms with Gasteiger partial charge in [0.25, 0.3) is 5.91 Å². The zero-order valence-electron chi connectivity index (χ0n) is 22.7. The summed E-state index contributed by atoms with van der Waals surface area (Å²) in [6.45, 7) is 11.1. The maximum Gasteiger partial charge on any atom is 0.410 e. The number of ketones is 1. The molecule has 1 saturated heterocycles. The Morgan fingerprint density at radius 1 is 1.00 bits per heavy atom. The molecule has 0 aliphatic carbocycles. The number of benzene rings is 1. The zero-order valence-corrected chi connectivity index (χ0v) is 22.7. The number of aryl methyl sites for hydroxylation is 1. The number of amides is 2. The second-order valence-corrected chi connectivity index (χ2v) is 10.6. The SMILES string of the molecule is CC(=O)c1cc(NC(=O)c2ccc(N3CCN(C(=O)OC(C)(C)C)CC3)c3ccnnc23)cn2cc(C)nc12. The van der Waals surface area contributed by atoms with E-state index in [9.17, 15) is 14.4 Å². The molecule has 0 spiro atoms. The predicted molar refractivity (Wildman–Crippen MR) is 147 cm³/mol. The summed E-state index contributed by atoms with van der Waals surface area (Å²) >= 11 is 0. The number of aromatic nitrogens is 4. The van der Waals surface area contributed by atoms with E-state index < -0.39 is 5.60 Å². The highest BCUT2D eigenvalue weighted by Gasteiger charge is 2.27. The van der Waals surface area contributed by atoms with Crippen LogP contribution in [0.25, 0.3) is 16.6 Å². The number of fused-ring (bicyclic) bond motifs is 2. The first-order chi connectivity index (χ1) is 18.5. The molecule has 2 amide bonds. The van der Waals surface area contributed by atoms with E-state index in [2.05, 4.69) is 25.4 Å². The molecule has 0 bridgehead atoms. The summed E-state index contributed by atoms with van der Waals surface area (Å²) in [5, 5.41) is 12.0. The topological polar surface area (TPSA) is 122 Å². The minimum atomic E-state index is -0.545. The minimum Gasteiger partial charge on any atom is -0.444 e. The number of nitrogens with zero attached hydrogens (tertiary/aromatic N) is 6. The van der Waals surface area contributed by atoms with Crippen LogP contribution in [0.4, 0.5) is 16.2 Å². The van der Waals surface area contributed by atoms with Crippen LogP contribution in [0.2, 0.25) is 0 Å². The number of nitrogens with one attached hydrogen (secondary N) is 1. The van der Waals surface area contributed by atoms with Crippen molar-refractivity contribution in [1.82, 2.24) is 24.5 Å². The number of anilines is 2. The molecule has 0 unspecified atom stereocenters. The second kappa shape index (κ2) is 9.97. The largest absolute Gasteiger partial charge is 0.444 e. The number of hydrogen-bond donors (Lipinski definition) is 1. The number of hydrogen-bond acceptors (Lipinski definition) is 8. The zero-order chi connectivity index (χ0) is 27.9. The average Bonchev–Trinajstić information content (AvgIpc) is 3.26. The molecule has 5 rings (SSSR count). The average molecular weight is 530 g/mol. The van der Waals surface area contributed by atoms with Crippen LogP contribution in [0.1, 0.15) is 54.1 Å². The third-order valence-corrected chi connectivity index (χ3v) is 6.49. The lowest BCUT2D eigenvalue weighted by Crippen LogP contribution is -2.50. The molecule has 11 nitrogen and oxygen atoms in total. The Kier molecular flexibility index (Phi) is 6.67. The standard InChI is InChI=1S/C28H31N7O4/c1-17-15-35-16-19(14-22(18(2)36)25(35)30-17)31-26(37)21-6-7-23(20-8-9-29-32-24(20)21)33-10-12-34(13-11-33)27(38)39-28(3,4)5/h6-9,14-16H,10-13H2,1-5H3,(H,31,37). The quantitative estimate of drug-likeness (QED) is 0.392. The molecule has 1 aliphatic heterocycles. The summed E-state index contributed by atoms with van der Waals surface area (Å²) in [4.78, 5) is 46.4. The van der Waals surface area contributed by atoms with Crippen molar-refractivity contribution in [3.63, 3.8) is 0 Å². The van der Waals surface area contributed by atoms with Gasteiger partial charge in [-0.1, -0.05) is 0 Å². The van der Waals surface area contributed by atoms with Gasteiger partial charge in [0.2, 0.25) is 0 Å². The van der Waals surface area contributed by atoms with Crippen molar-refractivity contribution < 1.29 is 19.1 Å². The number of rotatable bonds is 4. The second-order valence-electron chi connectivity index (χ2n) is 10.6. The first kappa shape index (κ1) is 26.1. The Hall–Kier alpha value is -4.54. The highest BCUT2D eigenvalue weighted by Crippen LogP contribution is 2.30. The molecular weight excluding hydrogens is 498 g/mol. The van der Waals surface area contributed by atoms with E-state index in [1.54, 1.807) is 40.0 Å². The fraction of sp³-hybridized carbons (Fsp3) is 0.357. The highest BCUT2D eigenvalue weighted by molar-refractivity contribution is 6.14. The molecule has 39 heavy (non-hydrogen) atoms. The Balaban J connectivity index is 1.39. The number of Topliss-reactive ketones (excluding diaryl/α,β-unsaturated/α-hetero) is 1. The maximum atomic E-state index is 13.4. The maximum absolute atomic E-state index is 13.4. The summed E-state index contributed by atoms with van der Waals surface area (Å²) in [6, 6.07) is 7.09. The number of ether oxygens (including phenoxy) is 1. The van der Waals surface area contributed by atoms with Crippen molar-refractivity contribution in [3.8, 4) is 0 Å². The van der Waals surface area contributed by atoms with Crippen LogP contribution < -0.4 is 10.2 Å². The normalized spacial score (nSPS) is 14.1. The van der Waals surface area contributed by atoms with Crippen molar-refractivity contribution in [2.45, 2.75) is 40.2 Å². The Labute approximate surface area is 225 Å². The van der Waals surface area contributed by atoms with E-state index in [0.29, 0.717) is 54.2 Å². The lowest BCUT2D eigenvalue weighted by Gasteiger charge is -2.37. The van der Waals surface area contributed by atoms with Crippen LogP contribution in [-0.2, 0) is 4.74 Å². The van der Waals surface area contributed by atoms with Crippen LogP contribution in [0.5, 0.6) is 0 Å². The van der Waals surface area contributed by atoms with Gasteiger partial charge in [-0.3, -0.25) is 9.59 Å². The van der Waals surface area contributed by atoms with Gasteiger partial charge < -0.3 is 24.3 Å². The summed E-state index contributed by atoms with van der Waals surface area (Å²) in [5.74, 6) is -0.512. The lowest BCUT2D eigenvalue weighted by atomic mass is 10.1. The van der Waals surface area contributed by atoms with Gasteiger partial charge in [0.15, 0.2) is 5.78 Å². The van der Waals surface area contributed by atoms with Crippen LogP contribution in [-0.4, -0.2) is 74.0 Å². The van der Waals surface area contributed by atoms with Crippen molar-refractivity contribution in [1.29, 1.82) is 0 Å². The molecule has 1 aromatic carbocycles. The highest BCUT2D eigenvalue weighted by atomic mass is 16.6. The molecule has 1 fully saturated rings. The van der Waals surface area contributed by atoms with E-state index in [-0.39, 0.29) is 17.8 Å². The van der Waals surface area contributed by atoms with E-state index in [0.717, 1.165) is 16.8 Å². The summed E-state index contributed by atoms with van der Waals surface area (Å²) in [7, 11) is 0. The monoisotopic (exact) mass is 529 g/mol. The van der Waals surface area contributed by atoms with Crippen molar-refractivity contribution in [3.05, 3.63) is 59.7 Å². The van der Waals surface area contributed by atoms with Gasteiger partial charge >= 0.3 is 6.09 Å². The minimum absolute atomic E-state index is 0.144. The van der Waals surface area contributed by atoms with Crippen LogP contribution >= 0.6 is 0 Å². The molecule has 0 radical (unpaired) electrons. The first-order valence-corrected chi connectivity index (χ1v) is 12.8. The van der Waals surface area contributed by atoms with Crippen molar-refractivity contribution in [2.24, 2.45) is 0 Å². The fourth-order valence-corrected chi connectivity index (χ4v) is 4.73. The van der Waals surface area contributed by atoms with Gasteiger partial charge in [0.05, 0.1) is 28.7 Å². The fourth-order valence-electron chi connectivity index (χ4n) is 4.73. The van der Waals surface area contributed by atoms with E-state index in [1.807, 2.05) is 39.8 Å². The lowest BCUT2D eigenvalue weighted by molar-refractivity contribution is 0.0240. The van der Waals surface area contributed by atoms with Crippen molar-refractivity contribution in [2.75, 3.05) is 36.4 Å². The van der Waals surface area contributed by atoms with Gasteiger partial charge in [0, 0.05) is 49.6 Å². The van der Waals surface area contributed by atoms with Gasteiger partial charge in [0.1, 0.15) is 16.8 Å². The first-order valence-electron chi connectivity index (χ1n) is 12.8. The third-order valence-electron chi connectivity index (χ3n) is 6.49. The number of carbonyl (C=O) groups excluding carboxylic acids is 3. The Bertz CT molecular complexity index is 1600. The van der Waals surface area contributed by atoms with Crippen LogP contribution in [0, 0.1) is 6.92 Å². The molecule has 1 aliphatic rings. The van der Waals surface area contributed by atoms with Gasteiger partial charge in [-0.15, -0.1) is 5.10 Å². The van der Waals surface area contributed by atoms with Crippen molar-refractivity contribution >= 4 is 45.7 Å². The Morgan fingerprint density at radius 2 is 1.74 bits per heavy atom. The smallest absolute Gasteiger partial charge is 0.410 e. The third kappa shape index (κ3) is 5.38. The molecule has 202 valence electrons. The van der Waals surface area contributed by atoms with Gasteiger partial charge in [-0.05, 0) is 58.9 Å². The van der Waals surface area contributed by atoms with Gasteiger partial charge in [-0.25, -0.2) is 9.78 Å². The van der Waals surface area contributed by atoms with Crippen LogP contribution in [0.3, 0.4) is 0 Å². The summed E-state index contributed by atoms with van der Waals surface area (Å²) in [5.41, 5.74) is 3.40. The number of pyridine rings is 1. The summed E-state index contributed by atoms with van der Waals surface area (Å²) < 4.78 is 7.24. The number of carbonyl (C=O) groups is 3. The van der Waals surface area contributed by atoms with E-state index >= 15 is 0 Å². The molecular formula is C28H31N7O4. The molecule has 11 heteroatoms. The van der Waals surface area contributed by atoms with Crippen LogP contribution in [0.15, 0.2) is 42.9 Å². The predicted octanol–water partition coefficient (Wildman–Crippen LogP) is 4.10.